The van der Waals surface area contributed by atoms with Gasteiger partial charge in [-0.2, -0.15) is 5.10 Å². The van der Waals surface area contributed by atoms with Crippen molar-refractivity contribution in [3.05, 3.63) is 16.4 Å². The average molecular weight is 329 g/mol. The van der Waals surface area contributed by atoms with Gasteiger partial charge in [0.05, 0.1) is 23.8 Å². The van der Waals surface area contributed by atoms with Crippen LogP contribution in [0.25, 0.3) is 0 Å². The number of ether oxygens (including phenoxy) is 1. The molecule has 4 nitrogen and oxygen atoms in total. The molecule has 0 aromatic carbocycles. The lowest BCUT2D eigenvalue weighted by Gasteiger charge is -2.08. The summed E-state index contributed by atoms with van der Waals surface area (Å²) in [5.74, 6) is 0.227. The van der Waals surface area contributed by atoms with Gasteiger partial charge >= 0.3 is 0 Å². The van der Waals surface area contributed by atoms with E-state index in [1.54, 1.807) is 18.0 Å². The monoisotopic (exact) mass is 328 g/mol. The molecule has 0 spiro atoms. The van der Waals surface area contributed by atoms with E-state index in [1.807, 2.05) is 0 Å². The molecule has 1 aromatic rings. The quantitative estimate of drug-likeness (QED) is 0.780. The zero-order chi connectivity index (χ0) is 14.4. The second-order valence-corrected chi connectivity index (χ2v) is 7.15. The third kappa shape index (κ3) is 2.17. The molecule has 2 rings (SSSR count). The van der Waals surface area contributed by atoms with E-state index in [9.17, 15) is 4.79 Å². The largest absolute Gasteiger partial charge is 0.383 e. The van der Waals surface area contributed by atoms with Crippen LogP contribution in [0.15, 0.2) is 10.7 Å². The summed E-state index contributed by atoms with van der Waals surface area (Å²) in [7, 11) is 1.65. The molecule has 0 radical (unpaired) electrons. The first kappa shape index (κ1) is 14.7. The van der Waals surface area contributed by atoms with Gasteiger partial charge < -0.3 is 4.74 Å². The molecular weight excluding hydrogens is 308 g/mol. The molecule has 19 heavy (non-hydrogen) atoms. The molecule has 0 N–H and O–H groups in total. The van der Waals surface area contributed by atoms with E-state index in [2.05, 4.69) is 48.7 Å². The van der Waals surface area contributed by atoms with Crippen LogP contribution in [0.2, 0.25) is 0 Å². The molecule has 1 aliphatic rings. The van der Waals surface area contributed by atoms with Crippen LogP contribution in [0.1, 0.15) is 38.2 Å². The maximum atomic E-state index is 12.8. The number of Topliss-reactive ketones (excluding diaryl/α,β-unsaturated/α-hetero) is 1. The van der Waals surface area contributed by atoms with Crippen molar-refractivity contribution in [1.82, 2.24) is 9.78 Å². The number of ketones is 1. The number of halogens is 1. The van der Waals surface area contributed by atoms with Crippen molar-refractivity contribution in [3.63, 3.8) is 0 Å². The van der Waals surface area contributed by atoms with Crippen molar-refractivity contribution in [2.45, 2.75) is 34.2 Å². The Morgan fingerprint density at radius 2 is 2.00 bits per heavy atom. The summed E-state index contributed by atoms with van der Waals surface area (Å²) in [6.45, 7) is 9.75. The Morgan fingerprint density at radius 1 is 1.42 bits per heavy atom. The van der Waals surface area contributed by atoms with E-state index in [0.29, 0.717) is 18.8 Å². The van der Waals surface area contributed by atoms with E-state index >= 15 is 0 Å². The van der Waals surface area contributed by atoms with Gasteiger partial charge in [0.2, 0.25) is 0 Å². The Balaban J connectivity index is 2.28. The molecule has 0 atom stereocenters. The summed E-state index contributed by atoms with van der Waals surface area (Å²) < 4.78 is 7.57. The zero-order valence-electron chi connectivity index (χ0n) is 12.2. The summed E-state index contributed by atoms with van der Waals surface area (Å²) in [5, 5.41) is 4.25. The highest BCUT2D eigenvalue weighted by Crippen LogP contribution is 2.69. The molecule has 0 amide bonds. The lowest BCUT2D eigenvalue weighted by Crippen LogP contribution is -2.17. The van der Waals surface area contributed by atoms with Gasteiger partial charge in [0.15, 0.2) is 5.78 Å². The molecule has 1 aromatic heterocycles. The standard InChI is InChI=1S/C14H21BrN2O2/c1-13(2)12(14(13,3)4)11(18)10-9(15)8-16-17(10)6-7-19-5/h8,12H,6-7H2,1-5H3. The van der Waals surface area contributed by atoms with Gasteiger partial charge in [-0.25, -0.2) is 0 Å². The number of hydrogen-bond donors (Lipinski definition) is 0. The second-order valence-electron chi connectivity index (χ2n) is 6.30. The van der Waals surface area contributed by atoms with Crippen LogP contribution in [0, 0.1) is 16.7 Å². The zero-order valence-corrected chi connectivity index (χ0v) is 13.7. The van der Waals surface area contributed by atoms with E-state index < -0.39 is 0 Å². The molecule has 0 bridgehead atoms. The van der Waals surface area contributed by atoms with Gasteiger partial charge in [0.25, 0.3) is 0 Å². The molecule has 106 valence electrons. The minimum absolute atomic E-state index is 0.0415. The number of methoxy groups -OCH3 is 1. The second kappa shape index (κ2) is 4.70. The summed E-state index contributed by atoms with van der Waals surface area (Å²) in [6, 6.07) is 0. The maximum absolute atomic E-state index is 12.8. The first-order chi connectivity index (χ1) is 8.75. The summed E-state index contributed by atoms with van der Waals surface area (Å²) in [5.41, 5.74) is 0.750. The number of carbonyl (C=O) groups is 1. The molecule has 1 saturated carbocycles. The van der Waals surface area contributed by atoms with Gasteiger partial charge in [0, 0.05) is 13.0 Å². The highest BCUT2D eigenvalue weighted by Gasteiger charge is 2.68. The van der Waals surface area contributed by atoms with Crippen LogP contribution >= 0.6 is 15.9 Å². The minimum Gasteiger partial charge on any atom is -0.383 e. The van der Waals surface area contributed by atoms with Gasteiger partial charge in [-0.3, -0.25) is 9.48 Å². The number of aromatic nitrogens is 2. The molecule has 0 saturated heterocycles. The van der Waals surface area contributed by atoms with Crippen LogP contribution in [0.4, 0.5) is 0 Å². The van der Waals surface area contributed by atoms with Gasteiger partial charge in [0.1, 0.15) is 5.69 Å². The van der Waals surface area contributed by atoms with Crippen LogP contribution in [0.5, 0.6) is 0 Å². The number of carbonyl (C=O) groups excluding carboxylic acids is 1. The number of hydrogen-bond acceptors (Lipinski definition) is 3. The predicted molar refractivity (Wildman–Crippen MR) is 77.2 cm³/mol. The summed E-state index contributed by atoms with van der Waals surface area (Å²) in [4.78, 5) is 12.8. The first-order valence-electron chi connectivity index (χ1n) is 6.49. The van der Waals surface area contributed by atoms with Gasteiger partial charge in [-0.15, -0.1) is 0 Å². The molecule has 5 heteroatoms. The van der Waals surface area contributed by atoms with Crippen molar-refractivity contribution >= 4 is 21.7 Å². The fraction of sp³-hybridized carbons (Fsp3) is 0.714. The van der Waals surface area contributed by atoms with Crippen molar-refractivity contribution in [2.75, 3.05) is 13.7 Å². The SMILES string of the molecule is COCCn1ncc(Br)c1C(=O)C1C(C)(C)C1(C)C. The van der Waals surface area contributed by atoms with Crippen molar-refractivity contribution in [3.8, 4) is 0 Å². The molecular formula is C14H21BrN2O2. The Kier molecular flexibility index (Phi) is 3.64. The predicted octanol–water partition coefficient (Wildman–Crippen LogP) is 3.16. The first-order valence-corrected chi connectivity index (χ1v) is 7.29. The van der Waals surface area contributed by atoms with E-state index in [-0.39, 0.29) is 22.5 Å². The Bertz CT molecular complexity index is 492. The fourth-order valence-electron chi connectivity index (χ4n) is 2.94. The summed E-state index contributed by atoms with van der Waals surface area (Å²) in [6.07, 6.45) is 1.69. The smallest absolute Gasteiger partial charge is 0.186 e. The number of nitrogens with zero attached hydrogens (tertiary/aromatic N) is 2. The topological polar surface area (TPSA) is 44.1 Å². The summed E-state index contributed by atoms with van der Waals surface area (Å²) >= 11 is 3.44. The van der Waals surface area contributed by atoms with Crippen LogP contribution in [-0.4, -0.2) is 29.3 Å². The van der Waals surface area contributed by atoms with Crippen molar-refractivity contribution in [2.24, 2.45) is 16.7 Å². The third-order valence-corrected chi connectivity index (χ3v) is 5.40. The molecule has 0 unspecified atom stereocenters. The third-order valence-electron chi connectivity index (χ3n) is 4.82. The van der Waals surface area contributed by atoms with E-state index in [0.717, 1.165) is 4.47 Å². The maximum Gasteiger partial charge on any atom is 0.186 e. The highest BCUT2D eigenvalue weighted by molar-refractivity contribution is 9.10. The number of rotatable bonds is 5. The molecule has 1 aliphatic carbocycles. The normalized spacial score (nSPS) is 20.5. The van der Waals surface area contributed by atoms with Crippen LogP contribution in [0.3, 0.4) is 0 Å². The highest BCUT2D eigenvalue weighted by atomic mass is 79.9. The van der Waals surface area contributed by atoms with Gasteiger partial charge in [-0.1, -0.05) is 27.7 Å². The van der Waals surface area contributed by atoms with Crippen LogP contribution in [-0.2, 0) is 11.3 Å². The Morgan fingerprint density at radius 3 is 2.47 bits per heavy atom. The van der Waals surface area contributed by atoms with Crippen LogP contribution < -0.4 is 0 Å². The van der Waals surface area contributed by atoms with Crippen molar-refractivity contribution < 1.29 is 9.53 Å². The molecule has 1 fully saturated rings. The minimum atomic E-state index is 0.0415. The van der Waals surface area contributed by atoms with Gasteiger partial charge in [-0.05, 0) is 26.8 Å². The Hall–Kier alpha value is -0.680. The lowest BCUT2D eigenvalue weighted by molar-refractivity contribution is 0.0930. The average Bonchev–Trinajstić information content (AvgIpc) is 2.59. The van der Waals surface area contributed by atoms with E-state index in [1.165, 1.54) is 0 Å². The van der Waals surface area contributed by atoms with Crippen molar-refractivity contribution in [1.29, 1.82) is 0 Å². The lowest BCUT2D eigenvalue weighted by atomic mass is 10.0. The molecule has 1 heterocycles. The molecule has 0 aliphatic heterocycles. The van der Waals surface area contributed by atoms with E-state index in [4.69, 9.17) is 4.74 Å². The fourth-order valence-corrected chi connectivity index (χ4v) is 3.43. The Labute approximate surface area is 122 Å².